The maximum atomic E-state index is 11.9. The molecule has 0 amide bonds. The zero-order chi connectivity index (χ0) is 25.3. The van der Waals surface area contributed by atoms with Gasteiger partial charge in [0.15, 0.2) is 0 Å². The highest BCUT2D eigenvalue weighted by molar-refractivity contribution is 5.98. The SMILES string of the molecule is CC(=O)Oc1c(C)c(C/C=C(\C)CC/C=C(\C)CCC=C(C)C)c(OC(C)=O)c2ccccc12. The van der Waals surface area contributed by atoms with Gasteiger partial charge in [0.25, 0.3) is 0 Å². The summed E-state index contributed by atoms with van der Waals surface area (Å²) in [5.74, 6) is 0.309. The van der Waals surface area contributed by atoms with Crippen LogP contribution < -0.4 is 9.47 Å². The predicted octanol–water partition coefficient (Wildman–Crippen LogP) is 7.96. The first-order chi connectivity index (χ1) is 16.1. The lowest BCUT2D eigenvalue weighted by Gasteiger charge is -2.18. The standard InChI is InChI=1S/C30H38O4/c1-20(2)12-10-13-21(3)14-11-15-22(4)18-19-26-23(5)29(33-24(6)31)27-16-8-9-17-28(27)30(26)34-25(7)32/h8-9,12,14,16-18H,10-11,13,15,19H2,1-7H3/b21-14+,22-18+. The average molecular weight is 463 g/mol. The van der Waals surface area contributed by atoms with Crippen molar-refractivity contribution in [2.24, 2.45) is 0 Å². The first kappa shape index (κ1) is 27.1. The largest absolute Gasteiger partial charge is 0.426 e. The highest BCUT2D eigenvalue weighted by Gasteiger charge is 2.20. The molecule has 0 aromatic heterocycles. The van der Waals surface area contributed by atoms with Crippen molar-refractivity contribution in [2.75, 3.05) is 0 Å². The molecule has 0 spiro atoms. The second-order valence-electron chi connectivity index (χ2n) is 9.16. The fourth-order valence-electron chi connectivity index (χ4n) is 3.95. The molecule has 34 heavy (non-hydrogen) atoms. The van der Waals surface area contributed by atoms with E-state index in [1.165, 1.54) is 30.6 Å². The number of carbonyl (C=O) groups is 2. The third-order valence-electron chi connectivity index (χ3n) is 5.75. The van der Waals surface area contributed by atoms with Crippen molar-refractivity contribution in [1.82, 2.24) is 0 Å². The Kier molecular flexibility index (Phi) is 10.3. The molecule has 0 heterocycles. The molecule has 0 atom stereocenters. The van der Waals surface area contributed by atoms with E-state index in [9.17, 15) is 9.59 Å². The van der Waals surface area contributed by atoms with Gasteiger partial charge in [-0.2, -0.15) is 0 Å². The molecule has 4 heteroatoms. The Labute approximate surface area is 204 Å². The quantitative estimate of drug-likeness (QED) is 0.204. The number of carbonyl (C=O) groups excluding carboxylic acids is 2. The summed E-state index contributed by atoms with van der Waals surface area (Å²) in [6.45, 7) is 13.3. The van der Waals surface area contributed by atoms with Crippen molar-refractivity contribution in [3.05, 3.63) is 70.3 Å². The Balaban J connectivity index is 2.30. The van der Waals surface area contributed by atoms with E-state index in [1.54, 1.807) is 0 Å². The van der Waals surface area contributed by atoms with Crippen LogP contribution in [0.2, 0.25) is 0 Å². The van der Waals surface area contributed by atoms with E-state index in [2.05, 4.69) is 45.9 Å². The van der Waals surface area contributed by atoms with Crippen LogP contribution in [0.1, 0.15) is 78.4 Å². The molecule has 0 saturated carbocycles. The molecule has 0 saturated heterocycles. The van der Waals surface area contributed by atoms with Crippen molar-refractivity contribution in [3.63, 3.8) is 0 Å². The topological polar surface area (TPSA) is 52.6 Å². The van der Waals surface area contributed by atoms with Gasteiger partial charge in [-0.05, 0) is 72.3 Å². The minimum absolute atomic E-state index is 0.375. The molecule has 0 radical (unpaired) electrons. The third-order valence-corrected chi connectivity index (χ3v) is 5.75. The van der Waals surface area contributed by atoms with Crippen molar-refractivity contribution < 1.29 is 19.1 Å². The van der Waals surface area contributed by atoms with Gasteiger partial charge >= 0.3 is 11.9 Å². The Morgan fingerprint density at radius 1 is 0.735 bits per heavy atom. The van der Waals surface area contributed by atoms with Gasteiger partial charge < -0.3 is 9.47 Å². The fraction of sp³-hybridized carbons (Fsp3) is 0.400. The van der Waals surface area contributed by atoms with E-state index in [1.807, 2.05) is 31.2 Å². The molecule has 2 aromatic carbocycles. The lowest BCUT2D eigenvalue weighted by molar-refractivity contribution is -0.133. The van der Waals surface area contributed by atoms with Crippen LogP contribution in [0.15, 0.2) is 59.2 Å². The molecule has 0 aliphatic rings. The number of rotatable bonds is 10. The van der Waals surface area contributed by atoms with E-state index in [-0.39, 0.29) is 11.9 Å². The van der Waals surface area contributed by atoms with Crippen molar-refractivity contribution in [3.8, 4) is 11.5 Å². The van der Waals surface area contributed by atoms with Crippen LogP contribution in [0.3, 0.4) is 0 Å². The summed E-state index contributed by atoms with van der Waals surface area (Å²) in [5, 5.41) is 1.51. The van der Waals surface area contributed by atoms with Crippen molar-refractivity contribution in [1.29, 1.82) is 0 Å². The molecule has 0 fully saturated rings. The van der Waals surface area contributed by atoms with Crippen molar-refractivity contribution in [2.45, 2.75) is 80.6 Å². The van der Waals surface area contributed by atoms with Crippen LogP contribution >= 0.6 is 0 Å². The van der Waals surface area contributed by atoms with E-state index >= 15 is 0 Å². The van der Waals surface area contributed by atoms with Gasteiger partial charge in [0.2, 0.25) is 0 Å². The highest BCUT2D eigenvalue weighted by Crippen LogP contribution is 2.41. The van der Waals surface area contributed by atoms with Gasteiger partial charge in [0.05, 0.1) is 0 Å². The van der Waals surface area contributed by atoms with E-state index in [4.69, 9.17) is 9.47 Å². The third kappa shape index (κ3) is 8.02. The molecular weight excluding hydrogens is 424 g/mol. The molecule has 0 unspecified atom stereocenters. The minimum atomic E-state index is -0.377. The zero-order valence-corrected chi connectivity index (χ0v) is 21.7. The zero-order valence-electron chi connectivity index (χ0n) is 21.7. The van der Waals surface area contributed by atoms with E-state index in [0.717, 1.165) is 47.6 Å². The molecule has 182 valence electrons. The summed E-state index contributed by atoms with van der Waals surface area (Å²) < 4.78 is 11.3. The second-order valence-corrected chi connectivity index (χ2v) is 9.16. The first-order valence-corrected chi connectivity index (χ1v) is 12.0. The molecule has 4 nitrogen and oxygen atoms in total. The lowest BCUT2D eigenvalue weighted by Crippen LogP contribution is -2.09. The number of fused-ring (bicyclic) bond motifs is 1. The van der Waals surface area contributed by atoms with Gasteiger partial charge in [-0.15, -0.1) is 0 Å². The maximum absolute atomic E-state index is 11.9. The van der Waals surface area contributed by atoms with E-state index < -0.39 is 0 Å². The van der Waals surface area contributed by atoms with E-state index in [0.29, 0.717) is 17.9 Å². The van der Waals surface area contributed by atoms with Gasteiger partial charge in [0.1, 0.15) is 11.5 Å². The fourth-order valence-corrected chi connectivity index (χ4v) is 3.95. The molecule has 0 aliphatic carbocycles. The Morgan fingerprint density at radius 2 is 1.24 bits per heavy atom. The molecule has 0 N–H and O–H groups in total. The molecular formula is C30H38O4. The number of benzene rings is 2. The molecule has 2 rings (SSSR count). The van der Waals surface area contributed by atoms with Gasteiger partial charge in [-0.3, -0.25) is 9.59 Å². The maximum Gasteiger partial charge on any atom is 0.308 e. The number of esters is 2. The predicted molar refractivity (Wildman–Crippen MR) is 140 cm³/mol. The highest BCUT2D eigenvalue weighted by atomic mass is 16.5. The van der Waals surface area contributed by atoms with Crippen LogP contribution in [-0.4, -0.2) is 11.9 Å². The smallest absolute Gasteiger partial charge is 0.308 e. The van der Waals surface area contributed by atoms with Crippen LogP contribution in [0.25, 0.3) is 10.8 Å². The minimum Gasteiger partial charge on any atom is -0.426 e. The first-order valence-electron chi connectivity index (χ1n) is 12.0. The summed E-state index contributed by atoms with van der Waals surface area (Å²) in [6, 6.07) is 7.54. The van der Waals surface area contributed by atoms with Gasteiger partial charge in [0, 0.05) is 30.2 Å². The van der Waals surface area contributed by atoms with Crippen LogP contribution in [0, 0.1) is 6.92 Å². The number of ether oxygens (including phenoxy) is 2. The Hall–Kier alpha value is -3.14. The second kappa shape index (κ2) is 12.9. The molecule has 0 bridgehead atoms. The van der Waals surface area contributed by atoms with Crippen molar-refractivity contribution >= 4 is 22.7 Å². The van der Waals surface area contributed by atoms with Crippen LogP contribution in [-0.2, 0) is 16.0 Å². The van der Waals surface area contributed by atoms with Gasteiger partial charge in [-0.1, -0.05) is 59.2 Å². The van der Waals surface area contributed by atoms with Crippen LogP contribution in [0.4, 0.5) is 0 Å². The number of hydrogen-bond acceptors (Lipinski definition) is 4. The summed E-state index contributed by atoms with van der Waals surface area (Å²) in [4.78, 5) is 23.7. The molecule has 2 aromatic rings. The summed E-state index contributed by atoms with van der Waals surface area (Å²) in [5.41, 5.74) is 5.71. The number of allylic oxidation sites excluding steroid dienone is 6. The Morgan fingerprint density at radius 3 is 1.79 bits per heavy atom. The monoisotopic (exact) mass is 462 g/mol. The number of hydrogen-bond donors (Lipinski definition) is 0. The lowest BCUT2D eigenvalue weighted by atomic mass is 9.95. The summed E-state index contributed by atoms with van der Waals surface area (Å²) in [7, 11) is 0. The van der Waals surface area contributed by atoms with Gasteiger partial charge in [-0.25, -0.2) is 0 Å². The molecule has 0 aliphatic heterocycles. The average Bonchev–Trinajstić information content (AvgIpc) is 2.75. The summed E-state index contributed by atoms with van der Waals surface area (Å²) in [6.07, 6.45) is 11.5. The summed E-state index contributed by atoms with van der Waals surface area (Å²) >= 11 is 0. The van der Waals surface area contributed by atoms with Crippen LogP contribution in [0.5, 0.6) is 11.5 Å². The normalized spacial score (nSPS) is 12.0. The Bertz CT molecular complexity index is 1130.